The first-order valence-corrected chi connectivity index (χ1v) is 7.93. The zero-order valence-electron chi connectivity index (χ0n) is 11.0. The monoisotopic (exact) mass is 313 g/mol. The van der Waals surface area contributed by atoms with E-state index in [0.717, 1.165) is 12.1 Å². The largest absolute Gasteiger partial charge is 0.305 e. The average molecular weight is 314 g/mol. The molecular formula is C15H17Cl2NS. The Morgan fingerprint density at radius 1 is 1.16 bits per heavy atom. The third-order valence-corrected chi connectivity index (χ3v) is 4.87. The maximum absolute atomic E-state index is 6.21. The predicted octanol–water partition coefficient (Wildman–Crippen LogP) is 5.54. The molecule has 4 heteroatoms. The Bertz CT molecular complexity index is 523. The Labute approximate surface area is 128 Å². The highest BCUT2D eigenvalue weighted by Crippen LogP contribution is 2.29. The van der Waals surface area contributed by atoms with Crippen LogP contribution < -0.4 is 5.32 Å². The summed E-state index contributed by atoms with van der Waals surface area (Å²) in [5.74, 6) is 0.525. The van der Waals surface area contributed by atoms with E-state index < -0.39 is 0 Å². The second-order valence-corrected chi connectivity index (χ2v) is 6.60. The molecule has 1 aromatic carbocycles. The first-order chi connectivity index (χ1) is 9.09. The summed E-state index contributed by atoms with van der Waals surface area (Å²) in [6.45, 7) is 5.16. The van der Waals surface area contributed by atoms with Gasteiger partial charge in [0.25, 0.3) is 0 Å². The first kappa shape index (κ1) is 14.9. The third kappa shape index (κ3) is 3.73. The summed E-state index contributed by atoms with van der Waals surface area (Å²) >= 11 is 14.0. The molecule has 19 heavy (non-hydrogen) atoms. The molecule has 0 aliphatic carbocycles. The van der Waals surface area contributed by atoms with Crippen LogP contribution >= 0.6 is 34.5 Å². The van der Waals surface area contributed by atoms with Crippen molar-refractivity contribution in [1.29, 1.82) is 0 Å². The Kier molecular flexibility index (Phi) is 5.28. The lowest BCUT2D eigenvalue weighted by Gasteiger charge is -2.21. The van der Waals surface area contributed by atoms with Crippen molar-refractivity contribution in [2.45, 2.75) is 26.4 Å². The quantitative estimate of drug-likeness (QED) is 0.764. The topological polar surface area (TPSA) is 12.0 Å². The first-order valence-electron chi connectivity index (χ1n) is 6.29. The molecule has 102 valence electrons. The van der Waals surface area contributed by atoms with Gasteiger partial charge in [-0.15, -0.1) is 11.3 Å². The Morgan fingerprint density at radius 2 is 1.95 bits per heavy atom. The molecule has 0 fully saturated rings. The zero-order valence-corrected chi connectivity index (χ0v) is 13.3. The lowest BCUT2D eigenvalue weighted by Crippen LogP contribution is -2.24. The molecule has 0 aliphatic heterocycles. The van der Waals surface area contributed by atoms with Crippen molar-refractivity contribution < 1.29 is 0 Å². The van der Waals surface area contributed by atoms with E-state index in [4.69, 9.17) is 23.2 Å². The Hall–Kier alpha value is -0.540. The molecule has 0 bridgehead atoms. The second-order valence-electron chi connectivity index (χ2n) is 4.83. The number of hydrogen-bond donors (Lipinski definition) is 1. The van der Waals surface area contributed by atoms with Crippen LogP contribution in [0.25, 0.3) is 0 Å². The van der Waals surface area contributed by atoms with E-state index in [1.54, 1.807) is 11.3 Å². The van der Waals surface area contributed by atoms with Gasteiger partial charge in [0.15, 0.2) is 0 Å². The Balaban J connectivity index is 2.09. The van der Waals surface area contributed by atoms with Crippen LogP contribution in [0, 0.1) is 5.92 Å². The third-order valence-electron chi connectivity index (χ3n) is 3.06. The molecule has 1 unspecified atom stereocenters. The van der Waals surface area contributed by atoms with Crippen molar-refractivity contribution in [2.24, 2.45) is 5.92 Å². The van der Waals surface area contributed by atoms with Crippen molar-refractivity contribution in [3.63, 3.8) is 0 Å². The molecule has 0 amide bonds. The molecule has 0 aliphatic rings. The standard InChI is InChI=1S/C15H17Cl2NS/c1-10(2)15(13-7-4-8-19-13)18-9-11-5-3-6-12(16)14(11)17/h3-8,10,15,18H,9H2,1-2H3. The van der Waals surface area contributed by atoms with Gasteiger partial charge in [-0.3, -0.25) is 0 Å². The van der Waals surface area contributed by atoms with Gasteiger partial charge in [-0.05, 0) is 29.0 Å². The molecule has 0 saturated carbocycles. The van der Waals surface area contributed by atoms with Crippen LogP contribution in [-0.4, -0.2) is 0 Å². The number of benzene rings is 1. The fraction of sp³-hybridized carbons (Fsp3) is 0.333. The van der Waals surface area contributed by atoms with Gasteiger partial charge in [0.1, 0.15) is 0 Å². The van der Waals surface area contributed by atoms with Crippen molar-refractivity contribution in [1.82, 2.24) is 5.32 Å². The molecule has 1 atom stereocenters. The lowest BCUT2D eigenvalue weighted by molar-refractivity contribution is 0.416. The van der Waals surface area contributed by atoms with Crippen LogP contribution in [0.15, 0.2) is 35.7 Å². The van der Waals surface area contributed by atoms with Gasteiger partial charge in [0.2, 0.25) is 0 Å². The van der Waals surface area contributed by atoms with Crippen LogP contribution in [0.4, 0.5) is 0 Å². The maximum atomic E-state index is 6.21. The number of nitrogens with one attached hydrogen (secondary N) is 1. The summed E-state index contributed by atoms with van der Waals surface area (Å²) in [5.41, 5.74) is 1.04. The van der Waals surface area contributed by atoms with E-state index in [1.165, 1.54) is 4.88 Å². The molecule has 0 saturated heterocycles. The van der Waals surface area contributed by atoms with Gasteiger partial charge in [0.05, 0.1) is 10.0 Å². The summed E-state index contributed by atoms with van der Waals surface area (Å²) in [6.07, 6.45) is 0. The number of halogens is 2. The van der Waals surface area contributed by atoms with Crippen molar-refractivity contribution in [3.8, 4) is 0 Å². The minimum Gasteiger partial charge on any atom is -0.305 e. The fourth-order valence-electron chi connectivity index (χ4n) is 2.04. The number of thiophene rings is 1. The summed E-state index contributed by atoms with van der Waals surface area (Å²) in [4.78, 5) is 1.35. The summed E-state index contributed by atoms with van der Waals surface area (Å²) < 4.78 is 0. The highest BCUT2D eigenvalue weighted by atomic mass is 35.5. The molecular weight excluding hydrogens is 297 g/mol. The smallest absolute Gasteiger partial charge is 0.0637 e. The molecule has 0 radical (unpaired) electrons. The minimum absolute atomic E-state index is 0.343. The normalized spacial score (nSPS) is 12.9. The average Bonchev–Trinajstić information content (AvgIpc) is 2.88. The van der Waals surface area contributed by atoms with Crippen LogP contribution in [0.5, 0.6) is 0 Å². The fourth-order valence-corrected chi connectivity index (χ4v) is 3.40. The minimum atomic E-state index is 0.343. The second kappa shape index (κ2) is 6.76. The van der Waals surface area contributed by atoms with Crippen LogP contribution in [0.1, 0.15) is 30.3 Å². The van der Waals surface area contributed by atoms with Gasteiger partial charge < -0.3 is 5.32 Å². The van der Waals surface area contributed by atoms with E-state index in [1.807, 2.05) is 18.2 Å². The highest BCUT2D eigenvalue weighted by molar-refractivity contribution is 7.10. The van der Waals surface area contributed by atoms with Crippen LogP contribution in [0.3, 0.4) is 0 Å². The molecule has 2 aromatic rings. The van der Waals surface area contributed by atoms with Crippen molar-refractivity contribution >= 4 is 34.5 Å². The summed E-state index contributed by atoms with van der Waals surface area (Å²) in [5, 5.41) is 6.94. The molecule has 1 aromatic heterocycles. The molecule has 1 nitrogen and oxygen atoms in total. The summed E-state index contributed by atoms with van der Waals surface area (Å²) in [6, 6.07) is 10.3. The van der Waals surface area contributed by atoms with Crippen molar-refractivity contribution in [2.75, 3.05) is 0 Å². The lowest BCUT2D eigenvalue weighted by atomic mass is 10.0. The van der Waals surface area contributed by atoms with E-state index >= 15 is 0 Å². The van der Waals surface area contributed by atoms with Gasteiger partial charge >= 0.3 is 0 Å². The molecule has 1 heterocycles. The van der Waals surface area contributed by atoms with Gasteiger partial charge in [0, 0.05) is 17.5 Å². The molecule has 1 N–H and O–H groups in total. The van der Waals surface area contributed by atoms with Gasteiger partial charge in [-0.1, -0.05) is 55.2 Å². The summed E-state index contributed by atoms with van der Waals surface area (Å²) in [7, 11) is 0. The van der Waals surface area contributed by atoms with Gasteiger partial charge in [-0.25, -0.2) is 0 Å². The van der Waals surface area contributed by atoms with Gasteiger partial charge in [-0.2, -0.15) is 0 Å². The zero-order chi connectivity index (χ0) is 13.8. The highest BCUT2D eigenvalue weighted by Gasteiger charge is 2.16. The molecule has 2 rings (SSSR count). The van der Waals surface area contributed by atoms with E-state index in [0.29, 0.717) is 22.0 Å². The van der Waals surface area contributed by atoms with E-state index in [9.17, 15) is 0 Å². The van der Waals surface area contributed by atoms with Crippen LogP contribution in [-0.2, 0) is 6.54 Å². The van der Waals surface area contributed by atoms with Crippen LogP contribution in [0.2, 0.25) is 10.0 Å². The Morgan fingerprint density at radius 3 is 2.58 bits per heavy atom. The van der Waals surface area contributed by atoms with Crippen molar-refractivity contribution in [3.05, 3.63) is 56.2 Å². The maximum Gasteiger partial charge on any atom is 0.0637 e. The predicted molar refractivity (Wildman–Crippen MR) is 85.2 cm³/mol. The molecule has 0 spiro atoms. The van der Waals surface area contributed by atoms with E-state index in [-0.39, 0.29) is 0 Å². The van der Waals surface area contributed by atoms with E-state index in [2.05, 4.69) is 36.7 Å². The SMILES string of the molecule is CC(C)C(NCc1cccc(Cl)c1Cl)c1cccs1. The number of rotatable bonds is 5. The number of hydrogen-bond acceptors (Lipinski definition) is 2.